The molecule has 0 spiro atoms. The van der Waals surface area contributed by atoms with Crippen molar-refractivity contribution in [1.29, 1.82) is 0 Å². The number of rotatable bonds is 5. The van der Waals surface area contributed by atoms with Crippen molar-refractivity contribution in [2.24, 2.45) is 0 Å². The molecule has 0 aromatic carbocycles. The molecule has 1 atom stereocenters. The van der Waals surface area contributed by atoms with E-state index in [1.165, 1.54) is 0 Å². The molecule has 1 aliphatic rings. The molecule has 6 nitrogen and oxygen atoms in total. The molecule has 0 aromatic rings. The molecule has 1 saturated heterocycles. The minimum absolute atomic E-state index is 0.0579. The minimum Gasteiger partial charge on any atom is -0.378 e. The summed E-state index contributed by atoms with van der Waals surface area (Å²) < 4.78 is 32.9. The Bertz CT molecular complexity index is 273. The molecule has 0 radical (unpaired) electrons. The molecule has 0 bridgehead atoms. The van der Waals surface area contributed by atoms with Crippen LogP contribution in [0.2, 0.25) is 0 Å². The molecule has 7 heteroatoms. The fraction of sp³-hybridized carbons (Fsp3) is 1.00. The van der Waals surface area contributed by atoms with Crippen LogP contribution >= 0.6 is 0 Å². The van der Waals surface area contributed by atoms with Crippen LogP contribution in [0.5, 0.6) is 0 Å². The molecule has 1 heterocycles. The quantitative estimate of drug-likeness (QED) is 0.561. The van der Waals surface area contributed by atoms with Crippen molar-refractivity contribution in [3.8, 4) is 0 Å². The highest BCUT2D eigenvalue weighted by atomic mass is 32.2. The summed E-state index contributed by atoms with van der Waals surface area (Å²) in [5.41, 5.74) is 0. The lowest BCUT2D eigenvalue weighted by Gasteiger charge is -2.24. The fourth-order valence-electron chi connectivity index (χ4n) is 1.31. The second kappa shape index (κ2) is 5.76. The van der Waals surface area contributed by atoms with Crippen LogP contribution in [0.15, 0.2) is 0 Å². The van der Waals surface area contributed by atoms with Crippen molar-refractivity contribution in [3.05, 3.63) is 0 Å². The van der Waals surface area contributed by atoms with Crippen LogP contribution in [0.25, 0.3) is 0 Å². The van der Waals surface area contributed by atoms with Crippen LogP contribution in [0.4, 0.5) is 0 Å². The van der Waals surface area contributed by atoms with Gasteiger partial charge >= 0.3 is 0 Å². The second-order valence-corrected chi connectivity index (χ2v) is 5.38. The molecule has 0 amide bonds. The molecule has 0 aromatic heterocycles. The first-order valence-corrected chi connectivity index (χ1v) is 6.56. The van der Waals surface area contributed by atoms with E-state index in [1.807, 2.05) is 0 Å². The van der Waals surface area contributed by atoms with Gasteiger partial charge in [0, 0.05) is 25.2 Å². The third-order valence-corrected chi connectivity index (χ3v) is 3.24. The minimum atomic E-state index is -3.38. The Hall–Kier alpha value is -0.210. The summed E-state index contributed by atoms with van der Waals surface area (Å²) in [7, 11) is -3.38. The van der Waals surface area contributed by atoms with Gasteiger partial charge in [-0.3, -0.25) is 0 Å². The highest BCUT2D eigenvalue weighted by Gasteiger charge is 2.17. The first kappa shape index (κ1) is 12.9. The molecular weight excluding hydrogens is 218 g/mol. The topological polar surface area (TPSA) is 79.5 Å². The van der Waals surface area contributed by atoms with Gasteiger partial charge in [-0.05, 0) is 13.8 Å². The Labute approximate surface area is 90.9 Å². The van der Waals surface area contributed by atoms with E-state index in [-0.39, 0.29) is 12.1 Å². The highest BCUT2D eigenvalue weighted by Crippen LogP contribution is 1.92. The Balaban J connectivity index is 2.28. The van der Waals surface area contributed by atoms with Gasteiger partial charge in [0.25, 0.3) is 10.2 Å². The van der Waals surface area contributed by atoms with Gasteiger partial charge < -0.3 is 10.1 Å². The number of ether oxygens (including phenoxy) is 1. The summed E-state index contributed by atoms with van der Waals surface area (Å²) >= 11 is 0. The summed E-state index contributed by atoms with van der Waals surface area (Å²) in [6.45, 7) is 5.91. The lowest BCUT2D eigenvalue weighted by Crippen LogP contribution is -2.50. The van der Waals surface area contributed by atoms with E-state index in [1.54, 1.807) is 13.8 Å². The van der Waals surface area contributed by atoms with Crippen molar-refractivity contribution < 1.29 is 13.2 Å². The number of hydrogen-bond donors (Lipinski definition) is 3. The van der Waals surface area contributed by atoms with Crippen molar-refractivity contribution in [2.75, 3.05) is 26.3 Å². The second-order valence-electron chi connectivity index (χ2n) is 3.85. The van der Waals surface area contributed by atoms with Crippen LogP contribution in [-0.4, -0.2) is 46.8 Å². The largest absolute Gasteiger partial charge is 0.378 e. The van der Waals surface area contributed by atoms with Crippen molar-refractivity contribution >= 4 is 10.2 Å². The maximum absolute atomic E-state index is 11.4. The molecule has 15 heavy (non-hydrogen) atoms. The number of morpholine rings is 1. The first-order valence-electron chi connectivity index (χ1n) is 5.07. The Morgan fingerprint density at radius 3 is 2.80 bits per heavy atom. The van der Waals surface area contributed by atoms with E-state index in [9.17, 15) is 8.42 Å². The zero-order chi connectivity index (χ0) is 11.3. The summed E-state index contributed by atoms with van der Waals surface area (Å²) in [5.74, 6) is 0. The van der Waals surface area contributed by atoms with E-state index in [2.05, 4.69) is 14.8 Å². The van der Waals surface area contributed by atoms with Crippen molar-refractivity contribution in [1.82, 2.24) is 14.8 Å². The van der Waals surface area contributed by atoms with E-state index >= 15 is 0 Å². The number of hydrogen-bond acceptors (Lipinski definition) is 4. The molecule has 1 rings (SSSR count). The Kier molecular flexibility index (Phi) is 4.94. The number of nitrogens with one attached hydrogen (secondary N) is 3. The van der Waals surface area contributed by atoms with E-state index < -0.39 is 10.2 Å². The average molecular weight is 237 g/mol. The zero-order valence-electron chi connectivity index (χ0n) is 9.12. The maximum Gasteiger partial charge on any atom is 0.277 e. The molecule has 1 unspecified atom stereocenters. The predicted molar refractivity (Wildman–Crippen MR) is 57.8 cm³/mol. The smallest absolute Gasteiger partial charge is 0.277 e. The summed E-state index contributed by atoms with van der Waals surface area (Å²) in [4.78, 5) is 0. The molecule has 0 saturated carbocycles. The first-order chi connectivity index (χ1) is 6.99. The van der Waals surface area contributed by atoms with Gasteiger partial charge in [0.2, 0.25) is 0 Å². The van der Waals surface area contributed by atoms with Crippen molar-refractivity contribution in [3.63, 3.8) is 0 Å². The summed E-state index contributed by atoms with van der Waals surface area (Å²) in [6.07, 6.45) is 0. The molecular formula is C8H19N3O3S. The predicted octanol–water partition coefficient (Wildman–Crippen LogP) is -1.19. The lowest BCUT2D eigenvalue weighted by molar-refractivity contribution is 0.0783. The highest BCUT2D eigenvalue weighted by molar-refractivity contribution is 7.87. The van der Waals surface area contributed by atoms with E-state index in [4.69, 9.17) is 4.74 Å². The Morgan fingerprint density at radius 1 is 1.53 bits per heavy atom. The lowest BCUT2D eigenvalue weighted by atomic mass is 10.3. The van der Waals surface area contributed by atoms with Crippen molar-refractivity contribution in [2.45, 2.75) is 25.9 Å². The summed E-state index contributed by atoms with van der Waals surface area (Å²) in [6, 6.07) is -0.0412. The average Bonchev–Trinajstić information content (AvgIpc) is 2.15. The third kappa shape index (κ3) is 5.43. The summed E-state index contributed by atoms with van der Waals surface area (Å²) in [5, 5.41) is 3.17. The normalized spacial score (nSPS) is 23.3. The molecule has 0 aliphatic carbocycles. The van der Waals surface area contributed by atoms with Gasteiger partial charge in [-0.1, -0.05) is 0 Å². The van der Waals surface area contributed by atoms with Gasteiger partial charge in [-0.25, -0.2) is 4.72 Å². The molecule has 3 N–H and O–H groups in total. The SMILES string of the molecule is CC(C)NS(=O)(=O)NCC1COCCN1. The monoisotopic (exact) mass is 237 g/mol. The van der Waals surface area contributed by atoms with Crippen LogP contribution in [0, 0.1) is 0 Å². The van der Waals surface area contributed by atoms with Gasteiger partial charge in [0.1, 0.15) is 0 Å². The zero-order valence-corrected chi connectivity index (χ0v) is 9.93. The van der Waals surface area contributed by atoms with Crippen LogP contribution in [0.1, 0.15) is 13.8 Å². The van der Waals surface area contributed by atoms with Crippen LogP contribution < -0.4 is 14.8 Å². The van der Waals surface area contributed by atoms with Gasteiger partial charge in [0.05, 0.1) is 13.2 Å². The van der Waals surface area contributed by atoms with E-state index in [0.717, 1.165) is 6.54 Å². The third-order valence-electron chi connectivity index (χ3n) is 1.91. The van der Waals surface area contributed by atoms with E-state index in [0.29, 0.717) is 19.8 Å². The van der Waals surface area contributed by atoms with Gasteiger partial charge in [-0.2, -0.15) is 13.1 Å². The van der Waals surface area contributed by atoms with Crippen LogP contribution in [0.3, 0.4) is 0 Å². The maximum atomic E-state index is 11.4. The molecule has 90 valence electrons. The fourth-order valence-corrected chi connectivity index (χ4v) is 2.44. The molecule has 1 fully saturated rings. The van der Waals surface area contributed by atoms with Gasteiger partial charge in [-0.15, -0.1) is 0 Å². The Morgan fingerprint density at radius 2 is 2.27 bits per heavy atom. The molecule has 1 aliphatic heterocycles. The standard InChI is InChI=1S/C8H19N3O3S/c1-7(2)11-15(12,13)10-5-8-6-14-4-3-9-8/h7-11H,3-6H2,1-2H3. The van der Waals surface area contributed by atoms with Gasteiger partial charge in [0.15, 0.2) is 0 Å². The van der Waals surface area contributed by atoms with Crippen LogP contribution in [-0.2, 0) is 14.9 Å².